The SMILES string of the molecule is COc1c(C)cc(Cl)cc1CCN(C)C(=O)Br. The molecular formula is C12H15BrClNO2. The highest BCUT2D eigenvalue weighted by Crippen LogP contribution is 2.28. The number of hydrogen-bond acceptors (Lipinski definition) is 2. The fourth-order valence-electron chi connectivity index (χ4n) is 1.65. The number of aryl methyl sites for hydroxylation is 1. The summed E-state index contributed by atoms with van der Waals surface area (Å²) in [5, 5.41) is 0.686. The van der Waals surface area contributed by atoms with E-state index in [0.29, 0.717) is 18.0 Å². The van der Waals surface area contributed by atoms with Crippen molar-refractivity contribution in [1.29, 1.82) is 0 Å². The van der Waals surface area contributed by atoms with Gasteiger partial charge in [0.1, 0.15) is 5.75 Å². The van der Waals surface area contributed by atoms with E-state index >= 15 is 0 Å². The van der Waals surface area contributed by atoms with Crippen molar-refractivity contribution in [2.75, 3.05) is 20.7 Å². The first-order valence-corrected chi connectivity index (χ1v) is 6.36. The number of carbonyl (C=O) groups is 1. The number of halogens is 2. The van der Waals surface area contributed by atoms with Gasteiger partial charge < -0.3 is 9.64 Å². The summed E-state index contributed by atoms with van der Waals surface area (Å²) in [6.07, 6.45) is 0.707. The van der Waals surface area contributed by atoms with E-state index in [1.807, 2.05) is 19.1 Å². The van der Waals surface area contributed by atoms with Gasteiger partial charge in [-0.1, -0.05) is 11.6 Å². The lowest BCUT2D eigenvalue weighted by atomic mass is 10.1. The normalized spacial score (nSPS) is 10.2. The molecule has 0 N–H and O–H groups in total. The summed E-state index contributed by atoms with van der Waals surface area (Å²) in [6.45, 7) is 2.56. The van der Waals surface area contributed by atoms with Crippen molar-refractivity contribution in [2.24, 2.45) is 0 Å². The third-order valence-corrected chi connectivity index (χ3v) is 3.36. The molecule has 0 aliphatic carbocycles. The zero-order chi connectivity index (χ0) is 13.0. The number of likely N-dealkylation sites (N-methyl/N-ethyl adjacent to an activating group) is 1. The second-order valence-corrected chi connectivity index (χ2v) is 4.95. The molecule has 1 aromatic carbocycles. The third-order valence-electron chi connectivity index (χ3n) is 2.54. The summed E-state index contributed by atoms with van der Waals surface area (Å²) in [5.41, 5.74) is 2.01. The first-order valence-electron chi connectivity index (χ1n) is 5.19. The zero-order valence-electron chi connectivity index (χ0n) is 10.1. The second kappa shape index (κ2) is 6.26. The van der Waals surface area contributed by atoms with Crippen LogP contribution in [0.25, 0.3) is 0 Å². The van der Waals surface area contributed by atoms with E-state index < -0.39 is 0 Å². The third kappa shape index (κ3) is 3.89. The molecule has 0 aliphatic heterocycles. The predicted octanol–water partition coefficient (Wildman–Crippen LogP) is 3.65. The maximum atomic E-state index is 11.0. The number of nitrogens with zero attached hydrogens (tertiary/aromatic N) is 1. The molecule has 0 spiro atoms. The van der Waals surface area contributed by atoms with Crippen LogP contribution in [0.15, 0.2) is 12.1 Å². The Morgan fingerprint density at radius 1 is 1.53 bits per heavy atom. The van der Waals surface area contributed by atoms with Crippen LogP contribution in [0.3, 0.4) is 0 Å². The highest BCUT2D eigenvalue weighted by molar-refractivity contribution is 9.18. The van der Waals surface area contributed by atoms with E-state index in [-0.39, 0.29) is 4.82 Å². The van der Waals surface area contributed by atoms with Crippen molar-refractivity contribution in [3.05, 3.63) is 28.3 Å². The van der Waals surface area contributed by atoms with E-state index in [9.17, 15) is 4.79 Å². The van der Waals surface area contributed by atoms with Crippen LogP contribution >= 0.6 is 27.5 Å². The van der Waals surface area contributed by atoms with Gasteiger partial charge in [-0.3, -0.25) is 4.79 Å². The van der Waals surface area contributed by atoms with Gasteiger partial charge in [0.25, 0.3) is 4.82 Å². The molecule has 3 nitrogen and oxygen atoms in total. The molecule has 0 atom stereocenters. The van der Waals surface area contributed by atoms with Gasteiger partial charge in [0.2, 0.25) is 0 Å². The molecule has 0 bridgehead atoms. The van der Waals surface area contributed by atoms with Gasteiger partial charge in [0.05, 0.1) is 7.11 Å². The number of ether oxygens (including phenoxy) is 1. The molecule has 5 heteroatoms. The van der Waals surface area contributed by atoms with E-state index in [1.54, 1.807) is 19.1 Å². The van der Waals surface area contributed by atoms with Gasteiger partial charge in [0, 0.05) is 34.5 Å². The van der Waals surface area contributed by atoms with Crippen molar-refractivity contribution >= 4 is 32.3 Å². The minimum absolute atomic E-state index is 0.129. The van der Waals surface area contributed by atoms with Crippen LogP contribution in [-0.2, 0) is 6.42 Å². The number of rotatable bonds is 4. The standard InChI is InChI=1S/C12H15BrClNO2/c1-8-6-10(14)7-9(11(8)17-3)4-5-15(2)12(13)16/h6-7H,4-5H2,1-3H3. The molecular weight excluding hydrogens is 305 g/mol. The molecule has 1 rings (SSSR count). The molecule has 0 aromatic heterocycles. The van der Waals surface area contributed by atoms with Gasteiger partial charge in [-0.05, 0) is 36.6 Å². The van der Waals surface area contributed by atoms with Crippen molar-refractivity contribution in [3.8, 4) is 5.75 Å². The molecule has 0 unspecified atom stereocenters. The van der Waals surface area contributed by atoms with Crippen LogP contribution in [0.5, 0.6) is 5.75 Å². The highest BCUT2D eigenvalue weighted by atomic mass is 79.9. The molecule has 0 aliphatic rings. The summed E-state index contributed by atoms with van der Waals surface area (Å²) in [4.78, 5) is 12.5. The smallest absolute Gasteiger partial charge is 0.289 e. The fraction of sp³-hybridized carbons (Fsp3) is 0.417. The Hall–Kier alpha value is -0.740. The Balaban J connectivity index is 2.86. The lowest BCUT2D eigenvalue weighted by Crippen LogP contribution is -2.23. The first-order chi connectivity index (χ1) is 7.95. The van der Waals surface area contributed by atoms with Crippen molar-refractivity contribution in [1.82, 2.24) is 4.90 Å². The molecule has 0 radical (unpaired) electrons. The second-order valence-electron chi connectivity index (χ2n) is 3.84. The summed E-state index contributed by atoms with van der Waals surface area (Å²) in [6, 6.07) is 3.74. The van der Waals surface area contributed by atoms with Gasteiger partial charge in [-0.15, -0.1) is 0 Å². The Bertz CT molecular complexity index is 423. The number of hydrogen-bond donors (Lipinski definition) is 0. The monoisotopic (exact) mass is 319 g/mol. The van der Waals surface area contributed by atoms with Crippen LogP contribution in [-0.4, -0.2) is 30.4 Å². The Morgan fingerprint density at radius 3 is 2.71 bits per heavy atom. The van der Waals surface area contributed by atoms with Crippen LogP contribution < -0.4 is 4.74 Å². The van der Waals surface area contributed by atoms with E-state index in [2.05, 4.69) is 15.9 Å². The summed E-state index contributed by atoms with van der Waals surface area (Å²) in [7, 11) is 3.38. The predicted molar refractivity (Wildman–Crippen MR) is 73.4 cm³/mol. The molecule has 0 saturated heterocycles. The van der Waals surface area contributed by atoms with Crippen LogP contribution in [0.4, 0.5) is 4.79 Å². The first kappa shape index (κ1) is 14.3. The van der Waals surface area contributed by atoms with Gasteiger partial charge in [-0.2, -0.15) is 0 Å². The average molecular weight is 321 g/mol. The molecule has 0 saturated carbocycles. The maximum absolute atomic E-state index is 11.0. The fourth-order valence-corrected chi connectivity index (χ4v) is 2.13. The lowest BCUT2D eigenvalue weighted by molar-refractivity contribution is 0.235. The van der Waals surface area contributed by atoms with E-state index in [4.69, 9.17) is 16.3 Å². The summed E-state index contributed by atoms with van der Waals surface area (Å²) in [5.74, 6) is 0.838. The largest absolute Gasteiger partial charge is 0.496 e. The van der Waals surface area contributed by atoms with Crippen LogP contribution in [0, 0.1) is 6.92 Å². The minimum atomic E-state index is -0.129. The number of carbonyl (C=O) groups excluding carboxylic acids is 1. The maximum Gasteiger partial charge on any atom is 0.289 e. The van der Waals surface area contributed by atoms with Crippen LogP contribution in [0.2, 0.25) is 5.02 Å². The summed E-state index contributed by atoms with van der Waals surface area (Å²) < 4.78 is 5.35. The average Bonchev–Trinajstić information content (AvgIpc) is 2.24. The number of benzene rings is 1. The van der Waals surface area contributed by atoms with Gasteiger partial charge in [-0.25, -0.2) is 0 Å². The molecule has 1 aromatic rings. The van der Waals surface area contributed by atoms with Gasteiger partial charge in [0.15, 0.2) is 0 Å². The van der Waals surface area contributed by atoms with Crippen LogP contribution in [0.1, 0.15) is 11.1 Å². The van der Waals surface area contributed by atoms with E-state index in [0.717, 1.165) is 16.9 Å². The zero-order valence-corrected chi connectivity index (χ0v) is 12.4. The Morgan fingerprint density at radius 2 is 2.18 bits per heavy atom. The molecule has 0 heterocycles. The lowest BCUT2D eigenvalue weighted by Gasteiger charge is -2.16. The topological polar surface area (TPSA) is 29.5 Å². The van der Waals surface area contributed by atoms with E-state index in [1.165, 1.54) is 0 Å². The molecule has 17 heavy (non-hydrogen) atoms. The minimum Gasteiger partial charge on any atom is -0.496 e. The number of methoxy groups -OCH3 is 1. The van der Waals surface area contributed by atoms with Crippen molar-refractivity contribution in [2.45, 2.75) is 13.3 Å². The van der Waals surface area contributed by atoms with Gasteiger partial charge >= 0.3 is 0 Å². The molecule has 94 valence electrons. The summed E-state index contributed by atoms with van der Waals surface area (Å²) >= 11 is 8.92. The highest BCUT2D eigenvalue weighted by Gasteiger charge is 2.10. The molecule has 1 amide bonds. The van der Waals surface area contributed by atoms with Crippen molar-refractivity contribution < 1.29 is 9.53 Å². The number of amides is 1. The van der Waals surface area contributed by atoms with Crippen molar-refractivity contribution in [3.63, 3.8) is 0 Å². The molecule has 0 fully saturated rings. The Labute approximate surface area is 115 Å². The Kier molecular flexibility index (Phi) is 5.28. The quantitative estimate of drug-likeness (QED) is 0.626.